The molecule has 0 saturated heterocycles. The van der Waals surface area contributed by atoms with Crippen molar-refractivity contribution in [2.45, 2.75) is 51.6 Å². The van der Waals surface area contributed by atoms with Crippen LogP contribution in [-0.4, -0.2) is 24.0 Å². The summed E-state index contributed by atoms with van der Waals surface area (Å²) in [6.07, 6.45) is 5.24. The third-order valence-corrected chi connectivity index (χ3v) is 5.06. The maximum Gasteiger partial charge on any atom is 0.0406 e. The minimum Gasteiger partial charge on any atom is -0.330 e. The van der Waals surface area contributed by atoms with Crippen LogP contribution in [0, 0.1) is 5.92 Å². The number of benzene rings is 1. The summed E-state index contributed by atoms with van der Waals surface area (Å²) in [6.45, 7) is 6.45. The minimum absolute atomic E-state index is 0.425. The van der Waals surface area contributed by atoms with Gasteiger partial charge in [0.2, 0.25) is 0 Å². The van der Waals surface area contributed by atoms with Crippen molar-refractivity contribution in [3.8, 4) is 0 Å². The second-order valence-electron chi connectivity index (χ2n) is 5.91. The molecule has 3 unspecified atom stereocenters. The summed E-state index contributed by atoms with van der Waals surface area (Å²) in [5.74, 6) is 0.651. The molecular formula is C17H27ClN2. The molecule has 1 fully saturated rings. The lowest BCUT2D eigenvalue weighted by molar-refractivity contribution is 0.0769. The van der Waals surface area contributed by atoms with E-state index in [0.29, 0.717) is 18.0 Å². The van der Waals surface area contributed by atoms with Crippen LogP contribution in [-0.2, 0) is 0 Å². The Balaban J connectivity index is 2.15. The monoisotopic (exact) mass is 294 g/mol. The van der Waals surface area contributed by atoms with Crippen molar-refractivity contribution >= 4 is 11.6 Å². The van der Waals surface area contributed by atoms with Crippen LogP contribution in [0.2, 0.25) is 5.02 Å². The predicted molar refractivity (Wildman–Crippen MR) is 87.0 cm³/mol. The smallest absolute Gasteiger partial charge is 0.0406 e. The van der Waals surface area contributed by atoms with Crippen LogP contribution >= 0.6 is 11.6 Å². The number of halogens is 1. The lowest BCUT2D eigenvalue weighted by Gasteiger charge is -2.42. The van der Waals surface area contributed by atoms with E-state index in [1.165, 1.54) is 31.2 Å². The zero-order chi connectivity index (χ0) is 14.5. The zero-order valence-corrected chi connectivity index (χ0v) is 13.4. The van der Waals surface area contributed by atoms with Crippen molar-refractivity contribution in [1.29, 1.82) is 0 Å². The molecule has 1 saturated carbocycles. The van der Waals surface area contributed by atoms with Crippen molar-refractivity contribution in [3.63, 3.8) is 0 Å². The van der Waals surface area contributed by atoms with Gasteiger partial charge >= 0.3 is 0 Å². The molecular weight excluding hydrogens is 268 g/mol. The van der Waals surface area contributed by atoms with Gasteiger partial charge < -0.3 is 5.73 Å². The van der Waals surface area contributed by atoms with Gasteiger partial charge in [0.15, 0.2) is 0 Å². The first-order valence-corrected chi connectivity index (χ1v) is 8.26. The molecule has 0 bridgehead atoms. The highest BCUT2D eigenvalue weighted by molar-refractivity contribution is 6.30. The number of rotatable bonds is 5. The fourth-order valence-electron chi connectivity index (χ4n) is 3.63. The summed E-state index contributed by atoms with van der Waals surface area (Å²) in [7, 11) is 0. The Hall–Kier alpha value is -0.570. The minimum atomic E-state index is 0.425. The highest BCUT2D eigenvalue weighted by atomic mass is 35.5. The van der Waals surface area contributed by atoms with E-state index in [0.717, 1.165) is 18.1 Å². The van der Waals surface area contributed by atoms with Gasteiger partial charge in [0, 0.05) is 17.1 Å². The quantitative estimate of drug-likeness (QED) is 0.880. The predicted octanol–water partition coefficient (Wildman–Crippen LogP) is 4.24. The van der Waals surface area contributed by atoms with Crippen LogP contribution in [0.25, 0.3) is 0 Å². The van der Waals surface area contributed by atoms with Crippen LogP contribution in [0.4, 0.5) is 0 Å². The van der Waals surface area contributed by atoms with Crippen molar-refractivity contribution in [2.75, 3.05) is 13.1 Å². The summed E-state index contributed by atoms with van der Waals surface area (Å²) in [4.78, 5) is 2.62. The summed E-state index contributed by atoms with van der Waals surface area (Å²) >= 11 is 5.99. The molecule has 0 aromatic heterocycles. The van der Waals surface area contributed by atoms with Crippen molar-refractivity contribution in [3.05, 3.63) is 34.9 Å². The van der Waals surface area contributed by atoms with Gasteiger partial charge in [-0.1, -0.05) is 43.5 Å². The van der Waals surface area contributed by atoms with Crippen LogP contribution < -0.4 is 5.73 Å². The molecule has 2 rings (SSSR count). The first-order chi connectivity index (χ1) is 9.67. The van der Waals surface area contributed by atoms with Crippen molar-refractivity contribution in [1.82, 2.24) is 4.90 Å². The molecule has 3 atom stereocenters. The van der Waals surface area contributed by atoms with Crippen LogP contribution in [0.1, 0.15) is 51.1 Å². The van der Waals surface area contributed by atoms with E-state index in [-0.39, 0.29) is 0 Å². The maximum absolute atomic E-state index is 6.00. The number of hydrogen-bond donors (Lipinski definition) is 1. The molecule has 0 amide bonds. The molecule has 1 aliphatic carbocycles. The molecule has 2 nitrogen and oxygen atoms in total. The number of hydrogen-bond acceptors (Lipinski definition) is 2. The zero-order valence-electron chi connectivity index (χ0n) is 12.7. The first kappa shape index (κ1) is 15.8. The third-order valence-electron chi connectivity index (χ3n) is 4.81. The van der Waals surface area contributed by atoms with Gasteiger partial charge in [-0.3, -0.25) is 4.90 Å². The molecule has 0 aliphatic heterocycles. The molecule has 0 spiro atoms. The summed E-state index contributed by atoms with van der Waals surface area (Å²) in [5, 5.41) is 0.807. The topological polar surface area (TPSA) is 29.3 Å². The average Bonchev–Trinajstić information content (AvgIpc) is 2.49. The molecule has 1 aromatic carbocycles. The summed E-state index contributed by atoms with van der Waals surface area (Å²) in [6, 6.07) is 9.33. The van der Waals surface area contributed by atoms with Crippen molar-refractivity contribution < 1.29 is 0 Å². The summed E-state index contributed by atoms with van der Waals surface area (Å²) in [5.41, 5.74) is 7.35. The average molecular weight is 295 g/mol. The van der Waals surface area contributed by atoms with E-state index in [1.54, 1.807) is 0 Å². The largest absolute Gasteiger partial charge is 0.330 e. The normalized spacial score (nSPS) is 24.9. The van der Waals surface area contributed by atoms with Crippen LogP contribution in [0.3, 0.4) is 0 Å². The van der Waals surface area contributed by atoms with E-state index >= 15 is 0 Å². The standard InChI is InChI=1S/C17H27ClN2/c1-3-20(17-7-5-4-6-15(17)12-19)13(2)14-8-10-16(18)11-9-14/h8-11,13,15,17H,3-7,12,19H2,1-2H3. The Morgan fingerprint density at radius 1 is 1.25 bits per heavy atom. The highest BCUT2D eigenvalue weighted by Crippen LogP contribution is 2.33. The van der Waals surface area contributed by atoms with Gasteiger partial charge in [0.05, 0.1) is 0 Å². The first-order valence-electron chi connectivity index (χ1n) is 7.88. The second kappa shape index (κ2) is 7.44. The van der Waals surface area contributed by atoms with E-state index < -0.39 is 0 Å². The van der Waals surface area contributed by atoms with Crippen LogP contribution in [0.15, 0.2) is 24.3 Å². The Bertz CT molecular complexity index is 404. The van der Waals surface area contributed by atoms with Crippen LogP contribution in [0.5, 0.6) is 0 Å². The molecule has 2 N–H and O–H groups in total. The highest BCUT2D eigenvalue weighted by Gasteiger charge is 2.31. The fraction of sp³-hybridized carbons (Fsp3) is 0.647. The SMILES string of the molecule is CCN(C(C)c1ccc(Cl)cc1)C1CCCCC1CN. The Morgan fingerprint density at radius 2 is 1.90 bits per heavy atom. The van der Waals surface area contributed by atoms with E-state index in [2.05, 4.69) is 30.9 Å². The van der Waals surface area contributed by atoms with E-state index in [1.807, 2.05) is 12.1 Å². The summed E-state index contributed by atoms with van der Waals surface area (Å²) < 4.78 is 0. The van der Waals surface area contributed by atoms with E-state index in [9.17, 15) is 0 Å². The van der Waals surface area contributed by atoms with Gasteiger partial charge in [-0.2, -0.15) is 0 Å². The molecule has 3 heteroatoms. The van der Waals surface area contributed by atoms with Gasteiger partial charge in [0.1, 0.15) is 0 Å². The molecule has 0 heterocycles. The van der Waals surface area contributed by atoms with Crippen molar-refractivity contribution in [2.24, 2.45) is 11.7 Å². The molecule has 1 aliphatic rings. The fourth-order valence-corrected chi connectivity index (χ4v) is 3.75. The maximum atomic E-state index is 6.00. The Morgan fingerprint density at radius 3 is 2.50 bits per heavy atom. The Kier molecular flexibility index (Phi) is 5.88. The van der Waals surface area contributed by atoms with Gasteiger partial charge in [-0.25, -0.2) is 0 Å². The molecule has 0 radical (unpaired) electrons. The van der Waals surface area contributed by atoms with E-state index in [4.69, 9.17) is 17.3 Å². The second-order valence-corrected chi connectivity index (χ2v) is 6.34. The Labute approximate surface area is 128 Å². The number of nitrogens with two attached hydrogens (primary N) is 1. The molecule has 20 heavy (non-hydrogen) atoms. The lowest BCUT2D eigenvalue weighted by atomic mass is 9.82. The molecule has 112 valence electrons. The van der Waals surface area contributed by atoms with Gasteiger partial charge in [-0.15, -0.1) is 0 Å². The molecule has 1 aromatic rings. The third kappa shape index (κ3) is 3.55. The number of nitrogens with zero attached hydrogens (tertiary/aromatic N) is 1. The lowest BCUT2D eigenvalue weighted by Crippen LogP contribution is -2.46. The van der Waals surface area contributed by atoms with Gasteiger partial charge in [-0.05, 0) is 56.5 Å². The van der Waals surface area contributed by atoms with Gasteiger partial charge in [0.25, 0.3) is 0 Å².